The Hall–Kier alpha value is -3.10. The molecule has 3 aromatic carbocycles. The molecule has 0 atom stereocenters. The Morgan fingerprint density at radius 2 is 1.09 bits per heavy atom. The minimum absolute atomic E-state index is 0.0995. The molecule has 6 nitrogen and oxygen atoms in total. The number of carbonyl (C=O) groups is 2. The maximum absolute atomic E-state index is 12.7. The third-order valence-electron chi connectivity index (χ3n) is 8.63. The van der Waals surface area contributed by atoms with E-state index in [0.717, 1.165) is 46.8 Å². The predicted octanol–water partition coefficient (Wildman–Crippen LogP) is 9.30. The smallest absolute Gasteiger partial charge is 0.236 e. The van der Waals surface area contributed by atoms with Crippen molar-refractivity contribution in [1.29, 1.82) is 0 Å². The van der Waals surface area contributed by atoms with Gasteiger partial charge in [0.05, 0.1) is 9.49 Å². The van der Waals surface area contributed by atoms with Crippen LogP contribution in [0.1, 0.15) is 97.5 Å². The van der Waals surface area contributed by atoms with E-state index in [0.29, 0.717) is 18.7 Å². The van der Waals surface area contributed by atoms with Gasteiger partial charge >= 0.3 is 0 Å². The molecule has 2 amide bonds. The van der Waals surface area contributed by atoms with Gasteiger partial charge in [0.25, 0.3) is 0 Å². The van der Waals surface area contributed by atoms with Crippen molar-refractivity contribution in [3.63, 3.8) is 0 Å². The van der Waals surface area contributed by atoms with Gasteiger partial charge in [-0.2, -0.15) is 0 Å². The second kappa shape index (κ2) is 17.9. The second-order valence-electron chi connectivity index (χ2n) is 13.6. The number of carbonyl (C=O) groups excluding carboxylic acids is 2. The molecule has 47 heavy (non-hydrogen) atoms. The molecule has 2 fully saturated rings. The lowest BCUT2D eigenvalue weighted by molar-refractivity contribution is -0.124. The number of ether oxygens (including phenoxy) is 1. The Bertz CT molecular complexity index is 1380. The lowest BCUT2D eigenvalue weighted by Crippen LogP contribution is -2.45. The van der Waals surface area contributed by atoms with Gasteiger partial charge in [-0.1, -0.05) is 68.9 Å². The normalized spacial score (nSPS) is 16.0. The molecular formula is C39H52N2O4S2. The van der Waals surface area contributed by atoms with E-state index in [2.05, 4.69) is 22.8 Å². The Labute approximate surface area is 290 Å². The summed E-state index contributed by atoms with van der Waals surface area (Å²) >= 11 is 3.13. The van der Waals surface area contributed by atoms with E-state index >= 15 is 0 Å². The first-order valence-corrected chi connectivity index (χ1v) is 18.7. The van der Waals surface area contributed by atoms with Gasteiger partial charge in [-0.15, -0.1) is 23.5 Å². The van der Waals surface area contributed by atoms with Gasteiger partial charge in [0.15, 0.2) is 0 Å². The van der Waals surface area contributed by atoms with Crippen molar-refractivity contribution in [3.8, 4) is 11.5 Å². The average Bonchev–Trinajstić information content (AvgIpc) is 3.07. The van der Waals surface area contributed by atoms with Crippen molar-refractivity contribution in [1.82, 2.24) is 10.6 Å². The molecule has 2 saturated carbocycles. The maximum atomic E-state index is 12.7. The first kappa shape index (κ1) is 36.7. The summed E-state index contributed by atoms with van der Waals surface area (Å²) in [5, 5.41) is 15.7. The predicted molar refractivity (Wildman–Crippen MR) is 195 cm³/mol. The van der Waals surface area contributed by atoms with E-state index in [1.807, 2.05) is 82.3 Å². The van der Waals surface area contributed by atoms with E-state index in [1.54, 1.807) is 23.9 Å². The number of phenols is 1. The summed E-state index contributed by atoms with van der Waals surface area (Å²) in [6.45, 7) is 8.44. The number of phenolic OH excluding ortho intramolecular Hbond substituents is 1. The van der Waals surface area contributed by atoms with Crippen LogP contribution in [0.3, 0.4) is 0 Å². The first-order valence-electron chi connectivity index (χ1n) is 17.1. The molecule has 0 aliphatic heterocycles. The molecule has 3 N–H and O–H groups in total. The van der Waals surface area contributed by atoms with E-state index in [4.69, 9.17) is 4.74 Å². The summed E-state index contributed by atoms with van der Waals surface area (Å²) in [6, 6.07) is 25.8. The van der Waals surface area contributed by atoms with Crippen LogP contribution >= 0.6 is 23.5 Å². The molecule has 3 aromatic rings. The Morgan fingerprint density at radius 1 is 0.660 bits per heavy atom. The molecule has 2 aliphatic rings. The van der Waals surface area contributed by atoms with Crippen molar-refractivity contribution in [3.05, 3.63) is 84.4 Å². The van der Waals surface area contributed by atoms with Crippen LogP contribution in [0.2, 0.25) is 0 Å². The highest BCUT2D eigenvalue weighted by atomic mass is 32.2. The zero-order valence-corrected chi connectivity index (χ0v) is 30.1. The fourth-order valence-corrected chi connectivity index (χ4v) is 7.78. The summed E-state index contributed by atoms with van der Waals surface area (Å²) in [5.74, 6) is 1.32. The highest BCUT2D eigenvalue weighted by Gasteiger charge is 2.32. The topological polar surface area (TPSA) is 87.7 Å². The largest absolute Gasteiger partial charge is 0.508 e. The standard InChI is InChI=1S/C23H29NO2S.C16H23NO2S/c1-23(2,22(25)24-19-11-7-4-8-12-19)27-21-15-13-20(14-16-21)26-17-18-9-5-3-6-10-18;1-16(2,20-14-10-8-13(18)9-11-14)15(19)17-12-6-4-3-5-7-12/h3,5-6,9-10,13-16,19H,4,7-8,11-12,17H2,1-2H3,(H,24,25);8-12,18H,3-7H2,1-2H3,(H,17,19). The average molecular weight is 677 g/mol. The molecule has 254 valence electrons. The van der Waals surface area contributed by atoms with Crippen molar-refractivity contribution in [2.45, 2.75) is 130 Å². The quantitative estimate of drug-likeness (QED) is 0.176. The summed E-state index contributed by atoms with van der Waals surface area (Å²) in [6.07, 6.45) is 11.9. The highest BCUT2D eigenvalue weighted by molar-refractivity contribution is 8.01. The van der Waals surface area contributed by atoms with Crippen molar-refractivity contribution in [2.24, 2.45) is 0 Å². The number of nitrogens with one attached hydrogen (secondary N) is 2. The number of aromatic hydroxyl groups is 1. The third-order valence-corrected chi connectivity index (χ3v) is 11.0. The molecular weight excluding hydrogens is 625 g/mol. The summed E-state index contributed by atoms with van der Waals surface area (Å²) < 4.78 is 4.83. The van der Waals surface area contributed by atoms with E-state index in [9.17, 15) is 14.7 Å². The molecule has 2 aliphatic carbocycles. The van der Waals surface area contributed by atoms with Gasteiger partial charge in [0.1, 0.15) is 18.1 Å². The lowest BCUT2D eigenvalue weighted by atomic mass is 9.95. The zero-order valence-electron chi connectivity index (χ0n) is 28.4. The number of amides is 2. The Morgan fingerprint density at radius 3 is 1.53 bits per heavy atom. The number of hydrogen-bond acceptors (Lipinski definition) is 6. The van der Waals surface area contributed by atoms with E-state index in [1.165, 1.54) is 50.3 Å². The highest BCUT2D eigenvalue weighted by Crippen LogP contribution is 2.35. The molecule has 0 bridgehead atoms. The minimum atomic E-state index is -0.506. The van der Waals surface area contributed by atoms with E-state index < -0.39 is 9.49 Å². The van der Waals surface area contributed by atoms with Crippen molar-refractivity contribution >= 4 is 35.3 Å². The number of thioether (sulfide) groups is 2. The Balaban J connectivity index is 0.000000223. The van der Waals surface area contributed by atoms with Crippen LogP contribution < -0.4 is 15.4 Å². The molecule has 0 spiro atoms. The fourth-order valence-electron chi connectivity index (χ4n) is 5.75. The van der Waals surface area contributed by atoms with Crippen LogP contribution in [0.5, 0.6) is 11.5 Å². The monoisotopic (exact) mass is 676 g/mol. The van der Waals surface area contributed by atoms with Crippen LogP contribution in [-0.2, 0) is 16.2 Å². The van der Waals surface area contributed by atoms with Crippen molar-refractivity contribution in [2.75, 3.05) is 0 Å². The summed E-state index contributed by atoms with van der Waals surface area (Å²) in [7, 11) is 0. The van der Waals surface area contributed by atoms with Gasteiger partial charge in [-0.05, 0) is 107 Å². The molecule has 0 heterocycles. The number of rotatable bonds is 11. The SMILES string of the molecule is CC(C)(Sc1ccc(O)cc1)C(=O)NC1CCCCC1.CC(C)(Sc1ccc(OCc2ccccc2)cc1)C(=O)NC1CCCCC1. The van der Waals surface area contributed by atoms with Crippen LogP contribution in [-0.4, -0.2) is 38.5 Å². The van der Waals surface area contributed by atoms with Crippen molar-refractivity contribution < 1.29 is 19.4 Å². The summed E-state index contributed by atoms with van der Waals surface area (Å²) in [4.78, 5) is 27.2. The fraction of sp³-hybridized carbons (Fsp3) is 0.487. The van der Waals surface area contributed by atoms with Gasteiger partial charge in [-0.3, -0.25) is 9.59 Å². The van der Waals surface area contributed by atoms with Crippen LogP contribution in [0.25, 0.3) is 0 Å². The van der Waals surface area contributed by atoms with Gasteiger partial charge in [-0.25, -0.2) is 0 Å². The van der Waals surface area contributed by atoms with Crippen LogP contribution in [0.4, 0.5) is 0 Å². The van der Waals surface area contributed by atoms with E-state index in [-0.39, 0.29) is 17.6 Å². The van der Waals surface area contributed by atoms with Gasteiger partial charge in [0, 0.05) is 21.9 Å². The molecule has 8 heteroatoms. The van der Waals surface area contributed by atoms with Gasteiger partial charge < -0.3 is 20.5 Å². The van der Waals surface area contributed by atoms with Crippen LogP contribution in [0, 0.1) is 0 Å². The molecule has 0 saturated heterocycles. The third kappa shape index (κ3) is 12.5. The summed E-state index contributed by atoms with van der Waals surface area (Å²) in [5.41, 5.74) is 1.15. The molecule has 5 rings (SSSR count). The lowest BCUT2D eigenvalue weighted by Gasteiger charge is -2.29. The van der Waals surface area contributed by atoms with Crippen LogP contribution in [0.15, 0.2) is 88.7 Å². The molecule has 0 unspecified atom stereocenters. The number of benzene rings is 3. The number of hydrogen-bond donors (Lipinski definition) is 3. The molecule has 0 radical (unpaired) electrons. The molecule has 0 aromatic heterocycles. The Kier molecular flexibility index (Phi) is 14.0. The maximum Gasteiger partial charge on any atom is 0.236 e. The second-order valence-corrected chi connectivity index (χ2v) is 17.0. The first-order chi connectivity index (χ1) is 22.5. The van der Waals surface area contributed by atoms with Gasteiger partial charge in [0.2, 0.25) is 11.8 Å². The zero-order chi connectivity index (χ0) is 33.7. The minimum Gasteiger partial charge on any atom is -0.508 e.